The van der Waals surface area contributed by atoms with Crippen molar-refractivity contribution < 1.29 is 0 Å². The number of H-pyrrole nitrogens is 1. The average molecular weight is 273 g/mol. The molecular weight excluding hydrogens is 256 g/mol. The van der Waals surface area contributed by atoms with E-state index < -0.39 is 0 Å². The number of rotatable bonds is 3. The van der Waals surface area contributed by atoms with Gasteiger partial charge in [-0.3, -0.25) is 4.79 Å². The van der Waals surface area contributed by atoms with Gasteiger partial charge in [-0.1, -0.05) is 27.7 Å². The summed E-state index contributed by atoms with van der Waals surface area (Å²) >= 11 is 3.29. The Morgan fingerprint density at radius 3 is 2.40 bits per heavy atom. The van der Waals surface area contributed by atoms with Gasteiger partial charge in [0.15, 0.2) is 0 Å². The molecule has 15 heavy (non-hydrogen) atoms. The van der Waals surface area contributed by atoms with Crippen LogP contribution in [0.5, 0.6) is 0 Å². The fraction of sp³-hybridized carbons (Fsp3) is 0.636. The van der Waals surface area contributed by atoms with Crippen LogP contribution in [0.1, 0.15) is 45.1 Å². The van der Waals surface area contributed by atoms with Gasteiger partial charge in [-0.25, -0.2) is 4.98 Å². The number of aromatic amines is 1. The van der Waals surface area contributed by atoms with Crippen LogP contribution in [0.4, 0.5) is 0 Å². The molecule has 0 atom stereocenters. The van der Waals surface area contributed by atoms with Crippen molar-refractivity contribution in [2.45, 2.75) is 40.0 Å². The highest BCUT2D eigenvalue weighted by Gasteiger charge is 2.11. The van der Waals surface area contributed by atoms with Gasteiger partial charge in [-0.2, -0.15) is 0 Å². The van der Waals surface area contributed by atoms with E-state index in [1.807, 2.05) is 13.8 Å². The Morgan fingerprint density at radius 2 is 1.93 bits per heavy atom. The lowest BCUT2D eigenvalue weighted by atomic mass is 10.1. The van der Waals surface area contributed by atoms with Crippen LogP contribution in [-0.4, -0.2) is 9.97 Å². The van der Waals surface area contributed by atoms with Crippen LogP contribution >= 0.6 is 15.9 Å². The first-order valence-electron chi connectivity index (χ1n) is 5.20. The van der Waals surface area contributed by atoms with Crippen molar-refractivity contribution in [2.75, 3.05) is 0 Å². The smallest absolute Gasteiger partial charge is 0.265 e. The number of hydrogen-bond acceptors (Lipinski definition) is 2. The van der Waals surface area contributed by atoms with Crippen molar-refractivity contribution in [1.29, 1.82) is 0 Å². The third-order valence-corrected chi connectivity index (χ3v) is 2.92. The maximum Gasteiger partial charge on any atom is 0.265 e. The predicted octanol–water partition coefficient (Wildman–Crippen LogP) is 2.85. The molecule has 0 radical (unpaired) electrons. The molecule has 0 amide bonds. The summed E-state index contributed by atoms with van der Waals surface area (Å²) in [6, 6.07) is 0. The minimum Gasteiger partial charge on any atom is -0.309 e. The molecule has 0 aliphatic carbocycles. The molecule has 1 heterocycles. The molecule has 0 aromatic carbocycles. The van der Waals surface area contributed by atoms with Gasteiger partial charge in [-0.05, 0) is 28.3 Å². The average Bonchev–Trinajstić information content (AvgIpc) is 2.11. The summed E-state index contributed by atoms with van der Waals surface area (Å²) in [7, 11) is 0. The number of nitrogens with zero attached hydrogens (tertiary/aromatic N) is 1. The molecule has 1 aromatic heterocycles. The van der Waals surface area contributed by atoms with Crippen molar-refractivity contribution in [3.05, 3.63) is 26.3 Å². The van der Waals surface area contributed by atoms with E-state index >= 15 is 0 Å². The maximum atomic E-state index is 11.6. The largest absolute Gasteiger partial charge is 0.309 e. The first-order valence-corrected chi connectivity index (χ1v) is 5.99. The topological polar surface area (TPSA) is 45.8 Å². The monoisotopic (exact) mass is 272 g/mol. The van der Waals surface area contributed by atoms with Crippen molar-refractivity contribution in [3.8, 4) is 0 Å². The van der Waals surface area contributed by atoms with Gasteiger partial charge < -0.3 is 4.98 Å². The predicted molar refractivity (Wildman–Crippen MR) is 65.2 cm³/mol. The molecule has 84 valence electrons. The SMILES string of the molecule is CC(C)Cc1nc(C(C)C)[nH]c(=O)c1Br. The molecule has 1 N–H and O–H groups in total. The molecule has 3 nitrogen and oxygen atoms in total. The Bertz CT molecular complexity index is 396. The lowest BCUT2D eigenvalue weighted by molar-refractivity contribution is 0.621. The van der Waals surface area contributed by atoms with E-state index in [0.717, 1.165) is 17.9 Å². The summed E-state index contributed by atoms with van der Waals surface area (Å²) in [6.45, 7) is 8.27. The molecule has 1 aromatic rings. The molecular formula is C11H17BrN2O. The second kappa shape index (κ2) is 4.92. The second-order valence-corrected chi connectivity index (χ2v) is 5.26. The second-order valence-electron chi connectivity index (χ2n) is 4.46. The van der Waals surface area contributed by atoms with Gasteiger partial charge in [0.1, 0.15) is 10.3 Å². The highest BCUT2D eigenvalue weighted by Crippen LogP contribution is 2.16. The number of nitrogens with one attached hydrogen (secondary N) is 1. The zero-order valence-electron chi connectivity index (χ0n) is 9.60. The molecule has 0 bridgehead atoms. The van der Waals surface area contributed by atoms with Crippen molar-refractivity contribution in [1.82, 2.24) is 9.97 Å². The highest BCUT2D eigenvalue weighted by molar-refractivity contribution is 9.10. The van der Waals surface area contributed by atoms with E-state index in [4.69, 9.17) is 0 Å². The minimum absolute atomic E-state index is 0.0793. The first kappa shape index (κ1) is 12.4. The van der Waals surface area contributed by atoms with Crippen molar-refractivity contribution in [3.63, 3.8) is 0 Å². The van der Waals surface area contributed by atoms with E-state index in [0.29, 0.717) is 10.4 Å². The quantitative estimate of drug-likeness (QED) is 0.920. The van der Waals surface area contributed by atoms with E-state index in [1.165, 1.54) is 0 Å². The Morgan fingerprint density at radius 1 is 1.33 bits per heavy atom. The highest BCUT2D eigenvalue weighted by atomic mass is 79.9. The van der Waals surface area contributed by atoms with E-state index in [2.05, 4.69) is 39.7 Å². The van der Waals surface area contributed by atoms with Gasteiger partial charge in [0.2, 0.25) is 0 Å². The van der Waals surface area contributed by atoms with Gasteiger partial charge >= 0.3 is 0 Å². The minimum atomic E-state index is -0.0793. The van der Waals surface area contributed by atoms with Crippen LogP contribution < -0.4 is 5.56 Å². The Balaban J connectivity index is 3.19. The van der Waals surface area contributed by atoms with Gasteiger partial charge in [-0.15, -0.1) is 0 Å². The number of aromatic nitrogens is 2. The van der Waals surface area contributed by atoms with Crippen LogP contribution in [0, 0.1) is 5.92 Å². The normalized spacial score (nSPS) is 11.4. The summed E-state index contributed by atoms with van der Waals surface area (Å²) in [4.78, 5) is 18.8. The van der Waals surface area contributed by atoms with Crippen molar-refractivity contribution >= 4 is 15.9 Å². The van der Waals surface area contributed by atoms with Crippen LogP contribution in [0.25, 0.3) is 0 Å². The van der Waals surface area contributed by atoms with E-state index in [1.54, 1.807) is 0 Å². The van der Waals surface area contributed by atoms with Gasteiger partial charge in [0.05, 0.1) is 5.69 Å². The zero-order valence-corrected chi connectivity index (χ0v) is 11.2. The number of halogens is 1. The maximum absolute atomic E-state index is 11.6. The third-order valence-electron chi connectivity index (χ3n) is 2.10. The summed E-state index contributed by atoms with van der Waals surface area (Å²) < 4.78 is 0.570. The van der Waals surface area contributed by atoms with E-state index in [-0.39, 0.29) is 11.5 Å². The molecule has 0 spiro atoms. The molecule has 0 fully saturated rings. The molecule has 1 rings (SSSR count). The lowest BCUT2D eigenvalue weighted by Gasteiger charge is -2.10. The molecule has 0 aliphatic rings. The summed E-state index contributed by atoms with van der Waals surface area (Å²) in [5.41, 5.74) is 0.779. The Kier molecular flexibility index (Phi) is 4.08. The Hall–Kier alpha value is -0.640. The fourth-order valence-corrected chi connectivity index (χ4v) is 1.67. The lowest BCUT2D eigenvalue weighted by Crippen LogP contribution is -2.17. The Labute approximate surface area is 98.5 Å². The molecule has 0 unspecified atom stereocenters. The molecule has 0 saturated carbocycles. The first-order chi connectivity index (χ1) is 6.91. The molecule has 4 heteroatoms. The standard InChI is InChI=1S/C11H17BrN2O/c1-6(2)5-8-9(12)11(15)14-10(13-8)7(3)4/h6-7H,5H2,1-4H3,(H,13,14,15). The number of hydrogen-bond donors (Lipinski definition) is 1. The summed E-state index contributed by atoms with van der Waals surface area (Å²) in [6.07, 6.45) is 0.824. The van der Waals surface area contributed by atoms with Crippen LogP contribution in [-0.2, 0) is 6.42 Å². The summed E-state index contributed by atoms with van der Waals surface area (Å²) in [5, 5.41) is 0. The fourth-order valence-electron chi connectivity index (χ4n) is 1.32. The van der Waals surface area contributed by atoms with Crippen molar-refractivity contribution in [2.24, 2.45) is 5.92 Å². The van der Waals surface area contributed by atoms with Gasteiger partial charge in [0, 0.05) is 5.92 Å². The van der Waals surface area contributed by atoms with Crippen LogP contribution in [0.15, 0.2) is 9.27 Å². The molecule has 0 aliphatic heterocycles. The zero-order chi connectivity index (χ0) is 11.6. The van der Waals surface area contributed by atoms with Crippen LogP contribution in [0.2, 0.25) is 0 Å². The van der Waals surface area contributed by atoms with Crippen LogP contribution in [0.3, 0.4) is 0 Å². The van der Waals surface area contributed by atoms with E-state index in [9.17, 15) is 4.79 Å². The third kappa shape index (κ3) is 3.16. The van der Waals surface area contributed by atoms with Gasteiger partial charge in [0.25, 0.3) is 5.56 Å². The molecule has 0 saturated heterocycles. The summed E-state index contributed by atoms with van der Waals surface area (Å²) in [5.74, 6) is 1.51.